The summed E-state index contributed by atoms with van der Waals surface area (Å²) >= 11 is 9.78. The summed E-state index contributed by atoms with van der Waals surface area (Å²) in [5, 5.41) is 65.4. The molecule has 34 heteroatoms. The third kappa shape index (κ3) is 55.0. The molecule has 16 aliphatic heterocycles. The van der Waals surface area contributed by atoms with Crippen LogP contribution in [0.3, 0.4) is 0 Å². The molecule has 2 saturated carbocycles. The third-order valence-electron chi connectivity index (χ3n) is 29.5. The van der Waals surface area contributed by atoms with Gasteiger partial charge in [0.15, 0.2) is 11.6 Å². The van der Waals surface area contributed by atoms with Gasteiger partial charge in [-0.15, -0.1) is 11.8 Å². The van der Waals surface area contributed by atoms with E-state index in [1.54, 1.807) is 19.1 Å². The Balaban J connectivity index is 0.000000197. The molecule has 0 radical (unpaired) electrons. The number of nitrogens with one attached hydrogen (secondary N) is 17. The largest absolute Gasteiger partial charge is 0.369 e. The first-order valence-electron chi connectivity index (χ1n) is 57.1. The zero-order valence-corrected chi connectivity index (χ0v) is 95.8. The summed E-state index contributed by atoms with van der Waals surface area (Å²) < 4.78 is 33.8. The fourth-order valence-electron chi connectivity index (χ4n) is 20.2. The fraction of sp³-hybridized carbons (Fsp3) is 0.672. The van der Waals surface area contributed by atoms with Gasteiger partial charge in [-0.05, 0) is 286 Å². The number of nitrogens with zero attached hydrogens (tertiary/aromatic N) is 5. The number of nitriles is 1. The average molecular weight is 2170 g/mol. The van der Waals surface area contributed by atoms with Crippen LogP contribution in [0.15, 0.2) is 157 Å². The number of piperidine rings is 6. The highest BCUT2D eigenvalue weighted by Crippen LogP contribution is 2.37. The number of amides is 1. The van der Waals surface area contributed by atoms with Crippen LogP contribution in [0.4, 0.5) is 5.69 Å². The lowest BCUT2D eigenvalue weighted by molar-refractivity contribution is -0.129. The quantitative estimate of drug-likeness (QED) is 0.0456. The number of anilines is 1. The molecule has 0 spiro atoms. The summed E-state index contributed by atoms with van der Waals surface area (Å²) in [5.41, 5.74) is 6.11. The number of ketones is 3. The van der Waals surface area contributed by atoms with E-state index in [2.05, 4.69) is 173 Å². The zero-order chi connectivity index (χ0) is 107. The van der Waals surface area contributed by atoms with E-state index in [-0.39, 0.29) is 34.4 Å². The predicted molar refractivity (Wildman–Crippen MR) is 633 cm³/mol. The van der Waals surface area contributed by atoms with Crippen LogP contribution in [-0.4, -0.2) is 353 Å². The lowest BCUT2D eigenvalue weighted by Gasteiger charge is -2.36. The van der Waals surface area contributed by atoms with Crippen molar-refractivity contribution in [2.45, 2.75) is 172 Å². The molecule has 17 N–H and O–H groups in total. The average Bonchev–Trinajstić information content (AvgIpc) is 1.40. The Bertz CT molecular complexity index is 4350. The molecule has 4 unspecified atom stereocenters. The van der Waals surface area contributed by atoms with Crippen LogP contribution >= 0.6 is 35.1 Å². The third-order valence-corrected chi connectivity index (χ3v) is 34.3. The van der Waals surface area contributed by atoms with Crippen LogP contribution in [0.1, 0.15) is 186 Å². The van der Waals surface area contributed by atoms with Crippen molar-refractivity contribution in [1.82, 2.24) is 99.6 Å². The summed E-state index contributed by atoms with van der Waals surface area (Å²) in [4.78, 5) is 55.4. The van der Waals surface area contributed by atoms with Crippen LogP contribution in [0.2, 0.25) is 5.02 Å². The van der Waals surface area contributed by atoms with Crippen molar-refractivity contribution in [2.75, 3.05) is 301 Å². The van der Waals surface area contributed by atoms with Crippen molar-refractivity contribution in [2.24, 2.45) is 34.6 Å². The number of hydrogen-bond acceptors (Lipinski definition) is 29. The van der Waals surface area contributed by atoms with Crippen molar-refractivity contribution in [3.63, 3.8) is 0 Å². The number of rotatable bonds is 10. The molecule has 18 aliphatic rings. The molecule has 150 heavy (non-hydrogen) atoms. The SMILES string of the molecule is C1=CCNCC1.C1=NCCNCC1.C1CC2CNCC1C2.C1CCC2NCCCC2C1.C1CNC1.C1CNCCN1.C1CSCCN1.C1CSCN1.CC(=O)N1CCNCC1.CCC(=O)C1(c2ccccc2)CCNCC1.CS(=O)(=O)N1CCNCC1.Cc1ccc(C(=O)C2CCNCC2)cc1.N#CC1(c2ccccc2)CCNCC1.O=C(c1ccc(Cl)cc1)C1CCNCC1.O=S1CCNCC1.c1ccc(N2CCNCC2)cc1. The first kappa shape index (κ1) is 129. The first-order valence-corrected chi connectivity index (χ1v) is 63.1. The highest BCUT2D eigenvalue weighted by Gasteiger charge is 2.40. The number of sulfonamides is 1. The Hall–Kier alpha value is -6.35. The summed E-state index contributed by atoms with van der Waals surface area (Å²) in [6.45, 7) is 45.9. The van der Waals surface area contributed by atoms with Gasteiger partial charge in [0, 0.05) is 256 Å². The summed E-state index contributed by atoms with van der Waals surface area (Å²) in [5.74, 6) is 11.5. The van der Waals surface area contributed by atoms with Crippen LogP contribution < -0.4 is 95.3 Å². The van der Waals surface area contributed by atoms with Crippen molar-refractivity contribution in [3.8, 4) is 6.07 Å². The predicted octanol–water partition coefficient (Wildman–Crippen LogP) is 10.8. The van der Waals surface area contributed by atoms with Crippen molar-refractivity contribution >= 4 is 91.1 Å². The second-order valence-corrected chi connectivity index (χ2v) is 47.3. The number of Topliss-reactive ketones (excluding diaryl/α,β-unsaturated/α-hetero) is 3. The smallest absolute Gasteiger partial charge is 0.219 e. The number of aryl methyl sites for hydroxylation is 1. The second kappa shape index (κ2) is 81.3. The number of para-hydroxylation sites is 1. The van der Waals surface area contributed by atoms with Gasteiger partial charge in [0.2, 0.25) is 15.9 Å². The van der Waals surface area contributed by atoms with Gasteiger partial charge in [-0.25, -0.2) is 8.42 Å². The number of thioether (sulfide) groups is 2. The van der Waals surface area contributed by atoms with E-state index in [0.29, 0.717) is 36.1 Å². The van der Waals surface area contributed by atoms with Crippen molar-refractivity contribution in [3.05, 3.63) is 185 Å². The van der Waals surface area contributed by atoms with E-state index in [1.807, 2.05) is 121 Å². The molecule has 5 aromatic rings. The molecular weight excluding hydrogens is 1980 g/mol. The maximum Gasteiger partial charge on any atom is 0.219 e. The minimum atomic E-state index is -2.93. The standard InChI is InChI=1S/C14H19NO.C13H17NO.C12H14ClNO.C12H14N2.C10H14N2.C9H17N.C7H13N.C6H12N2O.C5H12N2O2S.C5H10N2.C5H9N.C4H10N2.C4H9NOS.C4H9NS.C3H7NS.C3H7N/c1-2-13(16)14(8-10-15-11-9-14)12-6-4-3-5-7-12;1-10-2-4-11(5-3-10)13(15)12-6-8-14-9-7-12;13-11-3-1-9(2-4-11)12(15)10-5-7-14-8-6-10;13-10-12(6-8-14-9-7-12)11-4-2-1-3-5-11;1-2-4-10(5-3-1)12-8-6-11-7-9-12;1-2-6-9-8(4-1)5-3-7-10-9;1-2-7-3-6(1)4-8-5-7;1-6(9)8-4-2-7-3-5-8;1-10(8,9)7-4-2-6-3-5-7;1-2-6-4-5-7-3-1;1-2-4-6-5-3-1;1-2-6-4-3-5-1;6-7-3-1-5-2-4-7;1-3-6-4-2-5-1;1-2-5-3-4-1;1-2-4-3-1/h3-7,15H,2,8-11H2,1H3;2-5,12,14H,6-9H2,1H3;1-4,10,14H,5-8H2;1-5,14H,6-9H2;1-5,11H,6-9H2;8-10H,1-7H2;6-8H,1-5H2;7H,2-5H2,1H3;6H,2-5H2,1H3;2,7H,1,3-5H2;1-2,6H,3-5H2;5-6H,1-4H2;5H,1-4H2;5H,1-4H2;4H,1-3H2;4H,1-3H2. The number of carbonyl (C=O) groups is 4. The van der Waals surface area contributed by atoms with Gasteiger partial charge < -0.3 is 100 Å². The molecule has 16 fully saturated rings. The Morgan fingerprint density at radius 1 is 0.460 bits per heavy atom. The molecule has 2 aliphatic carbocycles. The van der Waals surface area contributed by atoms with Crippen LogP contribution in [0.25, 0.3) is 0 Å². The highest BCUT2D eigenvalue weighted by molar-refractivity contribution is 7.99. The first-order chi connectivity index (χ1) is 73.4. The monoisotopic (exact) mass is 2170 g/mol. The molecular formula is C116H193ClN22O7S4. The Morgan fingerprint density at radius 2 is 0.927 bits per heavy atom. The van der Waals surface area contributed by atoms with Gasteiger partial charge in [0.05, 0.1) is 29.7 Å². The normalized spacial score (nSPS) is 23.1. The summed E-state index contributed by atoms with van der Waals surface area (Å²) in [6.07, 6.45) is 32.8. The van der Waals surface area contributed by atoms with E-state index in [4.69, 9.17) is 11.6 Å². The Morgan fingerprint density at radius 3 is 1.35 bits per heavy atom. The van der Waals surface area contributed by atoms with Crippen LogP contribution in [0, 0.1) is 47.8 Å². The van der Waals surface area contributed by atoms with Crippen LogP contribution in [-0.2, 0) is 41.2 Å². The molecule has 1 amide bonds. The maximum absolute atomic E-state index is 12.3. The molecule has 4 atom stereocenters. The van der Waals surface area contributed by atoms with Gasteiger partial charge in [-0.1, -0.05) is 152 Å². The number of aliphatic imine (C=N–C) groups is 1. The molecule has 16 heterocycles. The highest BCUT2D eigenvalue weighted by atomic mass is 35.5. The molecule has 0 aromatic heterocycles. The maximum atomic E-state index is 12.3. The van der Waals surface area contributed by atoms with Crippen molar-refractivity contribution in [1.29, 1.82) is 5.26 Å². The van der Waals surface area contributed by atoms with Crippen LogP contribution in [0.5, 0.6) is 0 Å². The lowest BCUT2D eigenvalue weighted by atomic mass is 9.69. The lowest BCUT2D eigenvalue weighted by Crippen LogP contribution is -2.45. The molecule has 23 rings (SSSR count). The Labute approximate surface area is 920 Å². The number of fused-ring (bicyclic) bond motifs is 3. The van der Waals surface area contributed by atoms with E-state index < -0.39 is 20.8 Å². The number of piperazine rings is 4. The van der Waals surface area contributed by atoms with Gasteiger partial charge in [0.1, 0.15) is 5.78 Å². The Kier molecular flexibility index (Phi) is 69.8. The fourth-order valence-corrected chi connectivity index (χ4v) is 23.6. The van der Waals surface area contributed by atoms with E-state index >= 15 is 0 Å². The number of halogens is 1. The molecule has 14 saturated heterocycles. The molecule has 5 aromatic carbocycles. The van der Waals surface area contributed by atoms with E-state index in [1.165, 1.54) is 179 Å². The van der Waals surface area contributed by atoms with Gasteiger partial charge in [-0.3, -0.25) is 28.4 Å². The van der Waals surface area contributed by atoms with Gasteiger partial charge in [-0.2, -0.15) is 21.3 Å². The van der Waals surface area contributed by atoms with Gasteiger partial charge in [0.25, 0.3) is 0 Å². The topological polar surface area (TPSA) is 370 Å². The second-order valence-electron chi connectivity index (χ2n) is 40.8. The zero-order valence-electron chi connectivity index (χ0n) is 91.7. The molecule has 2 bridgehead atoms. The summed E-state index contributed by atoms with van der Waals surface area (Å²) in [7, 11) is -3.44. The number of hydrogen-bond donors (Lipinski definition) is 17. The molecule has 29 nitrogen and oxygen atoms in total. The molecule has 840 valence electrons. The minimum Gasteiger partial charge on any atom is -0.369 e. The minimum absolute atomic E-state index is 0.187. The summed E-state index contributed by atoms with van der Waals surface area (Å²) in [6, 6.07) is 49.5. The van der Waals surface area contributed by atoms with E-state index in [9.17, 15) is 37.1 Å². The number of carbonyl (C=O) groups excluding carboxylic acids is 4. The van der Waals surface area contributed by atoms with Gasteiger partial charge >= 0.3 is 0 Å². The van der Waals surface area contributed by atoms with E-state index in [0.717, 1.165) is 294 Å². The van der Waals surface area contributed by atoms with Crippen molar-refractivity contribution < 1.29 is 31.8 Å². The number of benzene rings is 5.